The summed E-state index contributed by atoms with van der Waals surface area (Å²) < 4.78 is 10.8. The molecule has 0 bridgehead atoms. The lowest BCUT2D eigenvalue weighted by Crippen LogP contribution is -2.12. The molecule has 6 heteroatoms. The molecule has 3 aromatic rings. The van der Waals surface area contributed by atoms with Crippen LogP contribution in [0.1, 0.15) is 24.2 Å². The molecule has 0 aliphatic heterocycles. The lowest BCUT2D eigenvalue weighted by molar-refractivity contribution is 0.102. The Labute approximate surface area is 164 Å². The van der Waals surface area contributed by atoms with Gasteiger partial charge in [-0.2, -0.15) is 0 Å². The molecule has 1 aromatic heterocycles. The molecular formula is C22H23N3O3. The fourth-order valence-electron chi connectivity index (χ4n) is 2.55. The van der Waals surface area contributed by atoms with Crippen molar-refractivity contribution in [1.29, 1.82) is 0 Å². The van der Waals surface area contributed by atoms with E-state index in [9.17, 15) is 4.79 Å². The zero-order chi connectivity index (χ0) is 19.9. The van der Waals surface area contributed by atoms with Crippen molar-refractivity contribution < 1.29 is 14.3 Å². The van der Waals surface area contributed by atoms with E-state index < -0.39 is 0 Å². The lowest BCUT2D eigenvalue weighted by Gasteiger charge is -2.11. The number of aromatic nitrogens is 1. The Morgan fingerprint density at radius 2 is 1.71 bits per heavy atom. The van der Waals surface area contributed by atoms with Crippen molar-refractivity contribution in [3.63, 3.8) is 0 Å². The number of benzene rings is 2. The van der Waals surface area contributed by atoms with Crippen molar-refractivity contribution in [3.05, 3.63) is 72.4 Å². The van der Waals surface area contributed by atoms with E-state index in [1.807, 2.05) is 44.2 Å². The molecule has 28 heavy (non-hydrogen) atoms. The Balaban J connectivity index is 1.60. The highest BCUT2D eigenvalue weighted by Gasteiger charge is 2.08. The molecule has 1 amide bonds. The fraction of sp³-hybridized carbons (Fsp3) is 0.182. The Kier molecular flexibility index (Phi) is 6.11. The van der Waals surface area contributed by atoms with Crippen molar-refractivity contribution in [1.82, 2.24) is 4.98 Å². The second-order valence-corrected chi connectivity index (χ2v) is 6.43. The SMILES string of the molecule is COc1cccc(C(=O)Nc2ccc(Nc3ccc(OC(C)C)cc3)cn2)c1. The van der Waals surface area contributed by atoms with Crippen LogP contribution in [0.25, 0.3) is 0 Å². The van der Waals surface area contributed by atoms with Crippen LogP contribution in [0, 0.1) is 0 Å². The highest BCUT2D eigenvalue weighted by atomic mass is 16.5. The molecule has 0 atom stereocenters. The Hall–Kier alpha value is -3.54. The minimum Gasteiger partial charge on any atom is -0.497 e. The van der Waals surface area contributed by atoms with Crippen LogP contribution in [0.5, 0.6) is 11.5 Å². The topological polar surface area (TPSA) is 72.5 Å². The quantitative estimate of drug-likeness (QED) is 0.614. The van der Waals surface area contributed by atoms with Gasteiger partial charge in [-0.25, -0.2) is 4.98 Å². The number of anilines is 3. The smallest absolute Gasteiger partial charge is 0.256 e. The van der Waals surface area contributed by atoms with Crippen LogP contribution in [0.3, 0.4) is 0 Å². The third-order valence-electron chi connectivity index (χ3n) is 3.85. The summed E-state index contributed by atoms with van der Waals surface area (Å²) in [5, 5.41) is 6.04. The minimum atomic E-state index is -0.243. The number of pyridine rings is 1. The van der Waals surface area contributed by atoms with E-state index in [4.69, 9.17) is 9.47 Å². The number of nitrogens with one attached hydrogen (secondary N) is 2. The largest absolute Gasteiger partial charge is 0.497 e. The van der Waals surface area contributed by atoms with Crippen molar-refractivity contribution in [2.24, 2.45) is 0 Å². The van der Waals surface area contributed by atoms with Crippen LogP contribution in [-0.4, -0.2) is 24.1 Å². The molecule has 0 fully saturated rings. The van der Waals surface area contributed by atoms with Gasteiger partial charge in [-0.1, -0.05) is 6.07 Å². The maximum absolute atomic E-state index is 12.3. The van der Waals surface area contributed by atoms with Gasteiger partial charge in [0.05, 0.1) is 25.1 Å². The van der Waals surface area contributed by atoms with Crippen LogP contribution < -0.4 is 20.1 Å². The highest BCUT2D eigenvalue weighted by Crippen LogP contribution is 2.21. The fourth-order valence-corrected chi connectivity index (χ4v) is 2.55. The van der Waals surface area contributed by atoms with Crippen LogP contribution in [0.4, 0.5) is 17.2 Å². The maximum atomic E-state index is 12.3. The summed E-state index contributed by atoms with van der Waals surface area (Å²) in [4.78, 5) is 16.6. The van der Waals surface area contributed by atoms with Gasteiger partial charge in [0.15, 0.2) is 0 Å². The van der Waals surface area contributed by atoms with E-state index >= 15 is 0 Å². The molecule has 1 heterocycles. The summed E-state index contributed by atoms with van der Waals surface area (Å²) in [5.74, 6) is 1.69. The number of carbonyl (C=O) groups is 1. The monoisotopic (exact) mass is 377 g/mol. The molecule has 0 aliphatic carbocycles. The number of hydrogen-bond acceptors (Lipinski definition) is 5. The molecule has 2 aromatic carbocycles. The molecule has 3 rings (SSSR count). The Bertz CT molecular complexity index is 923. The van der Waals surface area contributed by atoms with Gasteiger partial charge in [0.2, 0.25) is 0 Å². The summed E-state index contributed by atoms with van der Waals surface area (Å²) >= 11 is 0. The molecule has 2 N–H and O–H groups in total. The second kappa shape index (κ2) is 8.90. The minimum absolute atomic E-state index is 0.141. The average molecular weight is 377 g/mol. The van der Waals surface area contributed by atoms with Gasteiger partial charge in [0, 0.05) is 11.3 Å². The zero-order valence-electron chi connectivity index (χ0n) is 16.1. The number of methoxy groups -OCH3 is 1. The number of rotatable bonds is 7. The van der Waals surface area contributed by atoms with Gasteiger partial charge in [-0.15, -0.1) is 0 Å². The lowest BCUT2D eigenvalue weighted by atomic mass is 10.2. The van der Waals surface area contributed by atoms with E-state index in [1.165, 1.54) is 0 Å². The van der Waals surface area contributed by atoms with Crippen LogP contribution in [0.15, 0.2) is 66.9 Å². The standard InChI is InChI=1S/C22H23N3O3/c1-15(2)28-19-10-7-17(8-11-19)24-18-9-12-21(23-14-18)25-22(26)16-5-4-6-20(13-16)27-3/h4-15,24H,1-3H3,(H,23,25,26). The molecule has 0 spiro atoms. The summed E-state index contributed by atoms with van der Waals surface area (Å²) in [6.45, 7) is 3.99. The first-order chi connectivity index (χ1) is 13.5. The Morgan fingerprint density at radius 1 is 0.964 bits per heavy atom. The summed E-state index contributed by atoms with van der Waals surface area (Å²) in [5.41, 5.74) is 2.25. The van der Waals surface area contributed by atoms with Crippen molar-refractivity contribution in [2.75, 3.05) is 17.7 Å². The Morgan fingerprint density at radius 3 is 2.36 bits per heavy atom. The molecular weight excluding hydrogens is 354 g/mol. The third-order valence-corrected chi connectivity index (χ3v) is 3.85. The number of amides is 1. The van der Waals surface area contributed by atoms with E-state index in [-0.39, 0.29) is 12.0 Å². The molecule has 0 radical (unpaired) electrons. The van der Waals surface area contributed by atoms with E-state index in [0.717, 1.165) is 17.1 Å². The number of hydrogen-bond donors (Lipinski definition) is 2. The number of ether oxygens (including phenoxy) is 2. The van der Waals surface area contributed by atoms with Gasteiger partial charge in [-0.3, -0.25) is 4.79 Å². The first-order valence-corrected chi connectivity index (χ1v) is 8.98. The predicted octanol–water partition coefficient (Wildman–Crippen LogP) is 4.87. The van der Waals surface area contributed by atoms with E-state index in [1.54, 1.807) is 43.6 Å². The first kappa shape index (κ1) is 19.2. The van der Waals surface area contributed by atoms with Gasteiger partial charge in [0.25, 0.3) is 5.91 Å². The predicted molar refractivity (Wildman–Crippen MR) is 111 cm³/mol. The number of nitrogens with zero attached hydrogens (tertiary/aromatic N) is 1. The van der Waals surface area contributed by atoms with Gasteiger partial charge < -0.3 is 20.1 Å². The zero-order valence-corrected chi connectivity index (χ0v) is 16.1. The van der Waals surface area contributed by atoms with Gasteiger partial charge >= 0.3 is 0 Å². The summed E-state index contributed by atoms with van der Waals surface area (Å²) in [6, 6.07) is 18.3. The first-order valence-electron chi connectivity index (χ1n) is 8.98. The molecule has 6 nitrogen and oxygen atoms in total. The maximum Gasteiger partial charge on any atom is 0.256 e. The molecule has 144 valence electrons. The van der Waals surface area contributed by atoms with Gasteiger partial charge in [-0.05, 0) is 68.4 Å². The average Bonchev–Trinajstić information content (AvgIpc) is 2.70. The summed E-state index contributed by atoms with van der Waals surface area (Å²) in [6.07, 6.45) is 1.81. The van der Waals surface area contributed by atoms with Crippen LogP contribution >= 0.6 is 0 Å². The van der Waals surface area contributed by atoms with E-state index in [0.29, 0.717) is 17.1 Å². The molecule has 0 aliphatic rings. The molecule has 0 unspecified atom stereocenters. The molecule has 0 saturated heterocycles. The normalized spacial score (nSPS) is 10.4. The van der Waals surface area contributed by atoms with Crippen molar-refractivity contribution in [3.8, 4) is 11.5 Å². The third kappa shape index (κ3) is 5.23. The number of carbonyl (C=O) groups excluding carboxylic acids is 1. The second-order valence-electron chi connectivity index (χ2n) is 6.43. The van der Waals surface area contributed by atoms with Gasteiger partial charge in [0.1, 0.15) is 17.3 Å². The highest BCUT2D eigenvalue weighted by molar-refractivity contribution is 6.04. The van der Waals surface area contributed by atoms with Crippen LogP contribution in [0.2, 0.25) is 0 Å². The summed E-state index contributed by atoms with van der Waals surface area (Å²) in [7, 11) is 1.56. The van der Waals surface area contributed by atoms with Crippen molar-refractivity contribution >= 4 is 23.1 Å². The van der Waals surface area contributed by atoms with Crippen LogP contribution in [-0.2, 0) is 0 Å². The molecule has 0 saturated carbocycles. The van der Waals surface area contributed by atoms with E-state index in [2.05, 4.69) is 15.6 Å². The van der Waals surface area contributed by atoms with Crippen molar-refractivity contribution in [2.45, 2.75) is 20.0 Å².